The quantitative estimate of drug-likeness (QED) is 0.168. The third-order valence-electron chi connectivity index (χ3n) is 11.2. The second-order valence-electron chi connectivity index (χ2n) is 13.4. The number of allylic oxidation sites excluding steroid dienone is 1. The number of unbranched alkanes of at least 4 members (excludes halogenated alkanes) is 8. The Kier molecular flexibility index (Phi) is 10.7. The smallest absolute Gasteiger partial charge is 0.306 e. The molecule has 0 heterocycles. The summed E-state index contributed by atoms with van der Waals surface area (Å²) in [5, 5.41) is 0. The lowest BCUT2D eigenvalue weighted by molar-refractivity contribution is -0.151. The van der Waals surface area contributed by atoms with E-state index in [0.717, 1.165) is 44.9 Å². The van der Waals surface area contributed by atoms with Crippen molar-refractivity contribution in [1.29, 1.82) is 0 Å². The Bertz CT molecular complexity index is 859. The average molecular weight is 527 g/mol. The van der Waals surface area contributed by atoms with Crippen molar-refractivity contribution in [3.8, 4) is 0 Å². The molecule has 0 saturated heterocycles. The lowest BCUT2D eigenvalue weighted by Gasteiger charge is -2.53. The molecule has 0 unspecified atom stereocenters. The van der Waals surface area contributed by atoms with E-state index in [2.05, 4.69) is 20.8 Å². The summed E-state index contributed by atoms with van der Waals surface area (Å²) in [5.41, 5.74) is 1.44. The highest BCUT2D eigenvalue weighted by Crippen LogP contribution is 2.65. The van der Waals surface area contributed by atoms with Crippen LogP contribution in [-0.2, 0) is 19.1 Å². The molecule has 4 nitrogen and oxygen atoms in total. The Morgan fingerprint density at radius 2 is 1.63 bits per heavy atom. The summed E-state index contributed by atoms with van der Waals surface area (Å²) in [6, 6.07) is 0. The van der Waals surface area contributed by atoms with Crippen molar-refractivity contribution in [2.75, 3.05) is 6.61 Å². The molecule has 0 spiro atoms. The van der Waals surface area contributed by atoms with Gasteiger partial charge in [0.1, 0.15) is 6.61 Å². The van der Waals surface area contributed by atoms with Gasteiger partial charge in [0.25, 0.3) is 0 Å². The Balaban J connectivity index is 1.25. The van der Waals surface area contributed by atoms with Gasteiger partial charge in [-0.2, -0.15) is 0 Å². The zero-order valence-corrected chi connectivity index (χ0v) is 24.6. The van der Waals surface area contributed by atoms with Crippen molar-refractivity contribution in [2.24, 2.45) is 40.9 Å². The van der Waals surface area contributed by atoms with E-state index >= 15 is 0 Å². The predicted octanol–water partition coefficient (Wildman–Crippen LogP) is 8.41. The fourth-order valence-electron chi connectivity index (χ4n) is 9.29. The largest absolute Gasteiger partial charge is 0.458 e. The molecule has 0 bridgehead atoms. The first-order valence-electron chi connectivity index (χ1n) is 16.3. The average Bonchev–Trinajstić information content (AvgIpc) is 3.23. The molecule has 4 aliphatic carbocycles. The maximum absolute atomic E-state index is 13.6. The summed E-state index contributed by atoms with van der Waals surface area (Å²) in [4.78, 5) is 38.0. The monoisotopic (exact) mass is 526 g/mol. The van der Waals surface area contributed by atoms with Crippen LogP contribution in [0.4, 0.5) is 0 Å². The molecule has 0 amide bonds. The normalized spacial score (nSPS) is 34.2. The van der Waals surface area contributed by atoms with Gasteiger partial charge in [0.2, 0.25) is 0 Å². The van der Waals surface area contributed by atoms with Crippen LogP contribution in [0.5, 0.6) is 0 Å². The molecule has 38 heavy (non-hydrogen) atoms. The van der Waals surface area contributed by atoms with Gasteiger partial charge in [0, 0.05) is 18.8 Å². The van der Waals surface area contributed by atoms with Crippen LogP contribution in [0.2, 0.25) is 0 Å². The Hall–Kier alpha value is -1.45. The van der Waals surface area contributed by atoms with Crippen molar-refractivity contribution < 1.29 is 19.1 Å². The molecule has 7 atom stereocenters. The molecular formula is C34H54O4. The predicted molar refractivity (Wildman–Crippen MR) is 153 cm³/mol. The van der Waals surface area contributed by atoms with Crippen LogP contribution in [0.1, 0.15) is 136 Å². The van der Waals surface area contributed by atoms with E-state index in [1.165, 1.54) is 63.4 Å². The van der Waals surface area contributed by atoms with Crippen LogP contribution in [0.15, 0.2) is 11.6 Å². The lowest BCUT2D eigenvalue weighted by Crippen LogP contribution is -2.48. The van der Waals surface area contributed by atoms with Crippen LogP contribution >= 0.6 is 0 Å². The topological polar surface area (TPSA) is 60.4 Å². The summed E-state index contributed by atoms with van der Waals surface area (Å²) < 4.78 is 5.57. The molecule has 0 N–H and O–H groups in total. The maximum atomic E-state index is 13.6. The molecule has 4 rings (SSSR count). The van der Waals surface area contributed by atoms with Crippen molar-refractivity contribution in [3.05, 3.63) is 11.6 Å². The number of ketones is 2. The Morgan fingerprint density at radius 1 is 0.921 bits per heavy atom. The molecule has 0 aromatic rings. The van der Waals surface area contributed by atoms with Crippen LogP contribution in [0.25, 0.3) is 0 Å². The summed E-state index contributed by atoms with van der Waals surface area (Å²) in [6.45, 7) is 6.82. The number of carbonyl (C=O) groups is 3. The molecule has 0 aromatic carbocycles. The van der Waals surface area contributed by atoms with Gasteiger partial charge in [-0.1, -0.05) is 84.1 Å². The molecule has 3 fully saturated rings. The van der Waals surface area contributed by atoms with Crippen molar-refractivity contribution in [3.63, 3.8) is 0 Å². The number of esters is 1. The first-order chi connectivity index (χ1) is 18.4. The summed E-state index contributed by atoms with van der Waals surface area (Å²) in [6.07, 6.45) is 21.8. The molecular weight excluding hydrogens is 472 g/mol. The zero-order valence-electron chi connectivity index (χ0n) is 24.6. The Labute approximate surface area is 232 Å². The van der Waals surface area contributed by atoms with Gasteiger partial charge in [-0.25, -0.2) is 0 Å². The Morgan fingerprint density at radius 3 is 2.34 bits per heavy atom. The van der Waals surface area contributed by atoms with Gasteiger partial charge in [-0.05, 0) is 86.0 Å². The summed E-state index contributed by atoms with van der Waals surface area (Å²) >= 11 is 0. The number of ether oxygens (including phenoxy) is 1. The molecule has 4 heteroatoms. The van der Waals surface area contributed by atoms with Gasteiger partial charge in [-0.3, -0.25) is 14.4 Å². The van der Waals surface area contributed by atoms with Gasteiger partial charge < -0.3 is 4.74 Å². The highest BCUT2D eigenvalue weighted by Gasteiger charge is 2.60. The molecule has 4 aliphatic rings. The minimum atomic E-state index is -0.198. The van der Waals surface area contributed by atoms with Crippen LogP contribution < -0.4 is 0 Å². The molecule has 0 aliphatic heterocycles. The fraction of sp³-hybridized carbons (Fsp3) is 0.853. The number of hydrogen-bond acceptors (Lipinski definition) is 4. The lowest BCUT2D eigenvalue weighted by atomic mass is 9.51. The maximum Gasteiger partial charge on any atom is 0.306 e. The fourth-order valence-corrected chi connectivity index (χ4v) is 9.29. The van der Waals surface area contributed by atoms with Crippen molar-refractivity contribution in [2.45, 2.75) is 136 Å². The summed E-state index contributed by atoms with van der Waals surface area (Å²) in [5.74, 6) is 3.23. The van der Waals surface area contributed by atoms with E-state index in [-0.39, 0.29) is 29.7 Å². The second-order valence-corrected chi connectivity index (χ2v) is 13.4. The van der Waals surface area contributed by atoms with E-state index in [0.29, 0.717) is 48.2 Å². The summed E-state index contributed by atoms with van der Waals surface area (Å²) in [7, 11) is 0. The SMILES string of the molecule is CCCCCCCCCCCC(=O)OCC(=O)[C@H]1[C@H](CC)C[C@H]2[C@@H]3CCC4=CC(=O)CC[C@@H]4[C@H]3CC[C@@]21C. The third-order valence-corrected chi connectivity index (χ3v) is 11.2. The standard InChI is InChI=1S/C34H54O4/c1-4-6-7-8-9-10-11-12-13-14-32(37)38-23-31(36)33-24(5-2)22-30-29-17-15-25-21-26(35)16-18-27(25)28(29)19-20-34(30,33)3/h21,24,27-30,33H,4-20,22-23H2,1-3H3/t24-,27+,28-,29-,30+,33-,34+/m1/s1. The number of carbonyl (C=O) groups excluding carboxylic acids is 3. The van der Waals surface area contributed by atoms with Crippen molar-refractivity contribution >= 4 is 17.5 Å². The first-order valence-corrected chi connectivity index (χ1v) is 16.3. The van der Waals surface area contributed by atoms with Crippen LogP contribution in [-0.4, -0.2) is 24.1 Å². The number of rotatable bonds is 14. The van der Waals surface area contributed by atoms with E-state index in [4.69, 9.17) is 4.74 Å². The van der Waals surface area contributed by atoms with E-state index in [1.807, 2.05) is 6.08 Å². The van der Waals surface area contributed by atoms with Crippen LogP contribution in [0.3, 0.4) is 0 Å². The van der Waals surface area contributed by atoms with E-state index < -0.39 is 0 Å². The minimum Gasteiger partial charge on any atom is -0.458 e. The number of hydrogen-bond donors (Lipinski definition) is 0. The molecule has 0 aromatic heterocycles. The zero-order chi connectivity index (χ0) is 27.1. The van der Waals surface area contributed by atoms with Gasteiger partial charge >= 0.3 is 5.97 Å². The number of fused-ring (bicyclic) bond motifs is 5. The first kappa shape index (κ1) is 29.5. The van der Waals surface area contributed by atoms with Gasteiger partial charge in [0.05, 0.1) is 0 Å². The molecule has 214 valence electrons. The highest BCUT2D eigenvalue weighted by atomic mass is 16.5. The molecule has 0 radical (unpaired) electrons. The van der Waals surface area contributed by atoms with Crippen LogP contribution in [0, 0.1) is 40.9 Å². The van der Waals surface area contributed by atoms with Gasteiger partial charge in [-0.15, -0.1) is 0 Å². The van der Waals surface area contributed by atoms with E-state index in [1.54, 1.807) is 0 Å². The minimum absolute atomic E-state index is 0.0174. The van der Waals surface area contributed by atoms with E-state index in [9.17, 15) is 14.4 Å². The number of Topliss-reactive ketones (excluding diaryl/α,β-unsaturated/α-hetero) is 1. The second kappa shape index (κ2) is 13.8. The highest BCUT2D eigenvalue weighted by molar-refractivity contribution is 5.91. The van der Waals surface area contributed by atoms with Gasteiger partial charge in [0.15, 0.2) is 11.6 Å². The van der Waals surface area contributed by atoms with Crippen molar-refractivity contribution in [1.82, 2.24) is 0 Å². The molecule has 3 saturated carbocycles. The third kappa shape index (κ3) is 6.64.